The summed E-state index contributed by atoms with van der Waals surface area (Å²) < 4.78 is 28.1. The zero-order chi connectivity index (χ0) is 43.3. The zero-order valence-electron chi connectivity index (χ0n) is 33.3. The second-order valence-corrected chi connectivity index (χ2v) is 15.1. The number of hydrogen-bond donors (Lipinski definition) is 4. The lowest BCUT2D eigenvalue weighted by atomic mass is 9.88. The number of para-hydroxylation sites is 1. The van der Waals surface area contributed by atoms with Gasteiger partial charge in [-0.15, -0.1) is 51.7 Å². The Balaban J connectivity index is 0. The van der Waals surface area contributed by atoms with Crippen molar-refractivity contribution in [2.45, 2.75) is 89.6 Å². The number of nitrogens with one attached hydrogen (secondary N) is 4. The Labute approximate surface area is 334 Å². The largest absolute Gasteiger partial charge is 0.497 e. The Morgan fingerprint density at radius 3 is 2.02 bits per heavy atom. The van der Waals surface area contributed by atoms with Gasteiger partial charge in [-0.1, -0.05) is 39.0 Å². The third-order valence-electron chi connectivity index (χ3n) is 8.27. The minimum atomic E-state index is -3.26. The lowest BCUT2D eigenvalue weighted by Crippen LogP contribution is -2.43. The van der Waals surface area contributed by atoms with Gasteiger partial charge in [0.15, 0.2) is 0 Å². The number of sulfonamides is 1. The summed E-state index contributed by atoms with van der Waals surface area (Å²) in [5, 5.41) is 7.67. The smallest absolute Gasteiger partial charge is 0.255 e. The highest BCUT2D eigenvalue weighted by Crippen LogP contribution is 2.27. The number of anilines is 1. The van der Waals surface area contributed by atoms with Gasteiger partial charge in [-0.2, -0.15) is 0 Å². The first-order valence-electron chi connectivity index (χ1n) is 17.7. The fraction of sp³-hybridized carbons (Fsp3) is 0.395. The molecule has 3 amide bonds. The second-order valence-electron chi connectivity index (χ2n) is 13.1. The van der Waals surface area contributed by atoms with Crippen LogP contribution in [0.15, 0.2) is 78.7 Å². The monoisotopic (exact) mass is 789 g/mol. The molecule has 0 bridgehead atoms. The van der Waals surface area contributed by atoms with Crippen LogP contribution in [0, 0.1) is 44.0 Å². The van der Waals surface area contributed by atoms with Crippen LogP contribution in [0.25, 0.3) is 10.8 Å². The Morgan fingerprint density at radius 1 is 0.946 bits per heavy atom. The minimum Gasteiger partial charge on any atom is -0.497 e. The van der Waals surface area contributed by atoms with E-state index in [2.05, 4.69) is 119 Å². The van der Waals surface area contributed by atoms with E-state index in [1.165, 1.54) is 5.69 Å². The van der Waals surface area contributed by atoms with E-state index in [0.29, 0.717) is 35.7 Å². The molecule has 2 heterocycles. The van der Waals surface area contributed by atoms with Crippen molar-refractivity contribution in [2.75, 3.05) is 19.0 Å². The number of aromatic nitrogens is 1. The van der Waals surface area contributed by atoms with Crippen LogP contribution in [0.1, 0.15) is 66.2 Å². The van der Waals surface area contributed by atoms with E-state index in [9.17, 15) is 27.6 Å². The SMILES string of the molecule is C#C.C#C.C#C.C=C.CC(Nc1ccccc1)C(C)(C)C.COc1ccc2c(=O)[nH]ccc2c1.O=CN1CCC[C@H]1C(=O)NC1CC1.O=CNS(=O)(=O)C1CC1. The number of aromatic amines is 1. The number of carbonyl (C=O) groups excluding carboxylic acids is 3. The molecule has 2 atom stereocenters. The molecule has 3 aliphatic rings. The third kappa shape index (κ3) is 19.9. The predicted molar refractivity (Wildman–Crippen MR) is 229 cm³/mol. The number of H-pyrrole nitrogens is 1. The molecule has 1 aliphatic heterocycles. The molecule has 6 rings (SSSR count). The summed E-state index contributed by atoms with van der Waals surface area (Å²) in [5.41, 5.74) is 1.43. The van der Waals surface area contributed by atoms with Crippen molar-refractivity contribution in [3.63, 3.8) is 0 Å². The molecule has 2 aromatic carbocycles. The number of methoxy groups -OCH3 is 1. The number of carbonyl (C=O) groups is 3. The van der Waals surface area contributed by atoms with Crippen molar-refractivity contribution < 1.29 is 27.5 Å². The Bertz CT molecular complexity index is 1790. The van der Waals surface area contributed by atoms with Crippen molar-refractivity contribution in [2.24, 2.45) is 5.41 Å². The molecule has 1 unspecified atom stereocenters. The molecule has 0 spiro atoms. The maximum absolute atomic E-state index is 11.6. The molecule has 12 nitrogen and oxygen atoms in total. The number of pyridine rings is 1. The lowest BCUT2D eigenvalue weighted by molar-refractivity contribution is -0.131. The number of likely N-dealkylation sites (tertiary alicyclic amines) is 1. The number of benzene rings is 2. The van der Waals surface area contributed by atoms with Crippen LogP contribution in [-0.2, 0) is 24.4 Å². The second kappa shape index (κ2) is 28.5. The van der Waals surface area contributed by atoms with E-state index < -0.39 is 10.0 Å². The highest BCUT2D eigenvalue weighted by atomic mass is 32.2. The third-order valence-corrected chi connectivity index (χ3v) is 10.0. The Kier molecular flexibility index (Phi) is 26.5. The maximum Gasteiger partial charge on any atom is 0.255 e. The summed E-state index contributed by atoms with van der Waals surface area (Å²) in [7, 11) is -1.65. The number of rotatable bonds is 9. The normalized spacial score (nSPS) is 15.2. The summed E-state index contributed by atoms with van der Waals surface area (Å²) in [6, 6.07) is 18.2. The summed E-state index contributed by atoms with van der Waals surface area (Å²) in [6.07, 6.45) is 31.9. The molecule has 2 saturated carbocycles. The average Bonchev–Trinajstić information content (AvgIpc) is 4.17. The van der Waals surface area contributed by atoms with Gasteiger partial charge < -0.3 is 25.3 Å². The number of terminal acetylenes is 3. The molecule has 3 aromatic rings. The Hall–Kier alpha value is -5.97. The minimum absolute atomic E-state index is 0.0344. The molecular formula is C43H59N5O7S. The first kappa shape index (κ1) is 52.1. The molecule has 4 N–H and O–H groups in total. The van der Waals surface area contributed by atoms with Crippen molar-refractivity contribution in [1.29, 1.82) is 0 Å². The first-order valence-corrected chi connectivity index (χ1v) is 19.3. The van der Waals surface area contributed by atoms with Crippen molar-refractivity contribution in [1.82, 2.24) is 19.9 Å². The summed E-state index contributed by atoms with van der Waals surface area (Å²) in [4.78, 5) is 47.3. The van der Waals surface area contributed by atoms with Gasteiger partial charge in [0.25, 0.3) is 5.56 Å². The van der Waals surface area contributed by atoms with Gasteiger partial charge in [0.1, 0.15) is 11.8 Å². The lowest BCUT2D eigenvalue weighted by Gasteiger charge is -2.28. The zero-order valence-corrected chi connectivity index (χ0v) is 34.1. The van der Waals surface area contributed by atoms with Crippen molar-refractivity contribution >= 4 is 45.2 Å². The van der Waals surface area contributed by atoms with Crippen LogP contribution in [-0.4, -0.2) is 74.1 Å². The fourth-order valence-electron chi connectivity index (χ4n) is 4.56. The standard InChI is InChI=1S/C12H19N.C10H9NO2.C9H14N2O2.C4H7NO3S.C2H4.3C2H2/c1-10(12(2,3)4)13-11-8-6-5-7-9-11;1-13-8-2-3-9-7(6-8)4-5-11-10(9)12;12-6-11-5-1-2-8(11)9(13)10-7-3-4-7;6-3-5-9(7,8)4-1-2-4;4*1-2/h5-10,13H,1-4H3;2-6H,1H3,(H,11,12);6-8H,1-5H2,(H,10,13);3-4H,1-2H2,(H,5,6);1-2H2;3*1-2H/t;;8-;;;;;/m..0...../s1. The van der Waals surface area contributed by atoms with E-state index in [1.807, 2.05) is 18.2 Å². The summed E-state index contributed by atoms with van der Waals surface area (Å²) in [5.74, 6) is 0.796. The van der Waals surface area contributed by atoms with E-state index in [4.69, 9.17) is 4.74 Å². The van der Waals surface area contributed by atoms with Crippen LogP contribution in [0.3, 0.4) is 0 Å². The number of ether oxygens (including phenoxy) is 1. The highest BCUT2D eigenvalue weighted by molar-refractivity contribution is 7.90. The molecule has 1 saturated heterocycles. The summed E-state index contributed by atoms with van der Waals surface area (Å²) in [6.45, 7) is 15.7. The van der Waals surface area contributed by atoms with Gasteiger partial charge >= 0.3 is 0 Å². The van der Waals surface area contributed by atoms with Gasteiger partial charge in [-0.25, -0.2) is 8.42 Å². The molecule has 1 aromatic heterocycles. The van der Waals surface area contributed by atoms with Crippen LogP contribution in [0.4, 0.5) is 5.69 Å². The highest BCUT2D eigenvalue weighted by Gasteiger charge is 2.35. The molecular weight excluding hydrogens is 731 g/mol. The van der Waals surface area contributed by atoms with Gasteiger partial charge in [0.2, 0.25) is 28.8 Å². The maximum atomic E-state index is 11.6. The van der Waals surface area contributed by atoms with Crippen LogP contribution >= 0.6 is 0 Å². The van der Waals surface area contributed by atoms with Gasteiger partial charge in [0.05, 0.1) is 12.4 Å². The van der Waals surface area contributed by atoms with Crippen LogP contribution < -0.4 is 25.7 Å². The number of amides is 3. The summed E-state index contributed by atoms with van der Waals surface area (Å²) >= 11 is 0. The predicted octanol–water partition coefficient (Wildman–Crippen LogP) is 5.73. The molecule has 3 fully saturated rings. The van der Waals surface area contributed by atoms with Gasteiger partial charge in [-0.3, -0.25) is 23.9 Å². The first-order chi connectivity index (χ1) is 26.8. The van der Waals surface area contributed by atoms with Crippen molar-refractivity contribution in [3.05, 3.63) is 84.3 Å². The van der Waals surface area contributed by atoms with Crippen LogP contribution in [0.2, 0.25) is 0 Å². The van der Waals surface area contributed by atoms with E-state index in [0.717, 1.165) is 49.8 Å². The number of hydrogen-bond acceptors (Lipinski definition) is 8. The van der Waals surface area contributed by atoms with E-state index in [1.54, 1.807) is 35.1 Å². The van der Waals surface area contributed by atoms with E-state index >= 15 is 0 Å². The molecule has 304 valence electrons. The van der Waals surface area contributed by atoms with Crippen molar-refractivity contribution in [3.8, 4) is 44.3 Å². The average molecular weight is 790 g/mol. The Morgan fingerprint density at radius 2 is 1.54 bits per heavy atom. The fourth-order valence-corrected chi connectivity index (χ4v) is 5.64. The van der Waals surface area contributed by atoms with Gasteiger partial charge in [-0.05, 0) is 92.6 Å². The number of nitrogens with zero attached hydrogens (tertiary/aromatic N) is 1. The van der Waals surface area contributed by atoms with Gasteiger partial charge in [0, 0.05) is 35.9 Å². The quantitative estimate of drug-likeness (QED) is 0.121. The van der Waals surface area contributed by atoms with Crippen LogP contribution in [0.5, 0.6) is 5.75 Å². The van der Waals surface area contributed by atoms with E-state index in [-0.39, 0.29) is 29.2 Å². The molecule has 56 heavy (non-hydrogen) atoms. The topological polar surface area (TPSA) is 167 Å². The number of fused-ring (bicyclic) bond motifs is 1. The molecule has 2 aliphatic carbocycles. The molecule has 0 radical (unpaired) electrons. The molecule has 13 heteroatoms.